The van der Waals surface area contributed by atoms with Crippen LogP contribution in [-0.4, -0.2) is 212 Å². The Balaban J connectivity index is 0.000000184. The Morgan fingerprint density at radius 2 is 0.609 bits per heavy atom. The molecule has 0 spiro atoms. The minimum atomic E-state index is -1.01. The molecule has 4 aliphatic heterocycles. The van der Waals surface area contributed by atoms with E-state index in [1.165, 1.54) is 24.3 Å². The van der Waals surface area contributed by atoms with Crippen LogP contribution in [0, 0.1) is 68.2 Å². The maximum atomic E-state index is 14.0. The molecule has 4 aromatic carbocycles. The van der Waals surface area contributed by atoms with Crippen molar-refractivity contribution < 1.29 is 77.9 Å². The Morgan fingerprint density at radius 1 is 0.361 bits per heavy atom. The van der Waals surface area contributed by atoms with E-state index >= 15 is 0 Å². The molecular formula is C96H129F9N20O8. The minimum Gasteiger partial charge on any atom is -0.352 e. The second-order valence-corrected chi connectivity index (χ2v) is 41.2. The van der Waals surface area contributed by atoms with E-state index < -0.39 is 134 Å². The summed E-state index contributed by atoms with van der Waals surface area (Å²) in [6.45, 7) is 42.9. The molecule has 0 saturated heterocycles. The topological polar surface area (TPSA) is 317 Å². The minimum absolute atomic E-state index is 0.0743. The monoisotopic (exact) mass is 1860 g/mol. The fraction of sp³-hybridized carbons (Fsp3) is 0.542. The first-order chi connectivity index (χ1) is 61.8. The molecule has 1 fully saturated rings. The Labute approximate surface area is 771 Å². The van der Waals surface area contributed by atoms with Gasteiger partial charge in [-0.15, -0.1) is 0 Å². The molecule has 28 nitrogen and oxygen atoms in total. The van der Waals surface area contributed by atoms with Gasteiger partial charge in [-0.1, -0.05) is 83.1 Å². The number of amides is 8. The first-order valence-electron chi connectivity index (χ1n) is 44.8. The van der Waals surface area contributed by atoms with Crippen molar-refractivity contribution in [3.63, 3.8) is 0 Å². The molecule has 8 heterocycles. The third kappa shape index (κ3) is 25.0. The molecule has 8 aromatic rings. The van der Waals surface area contributed by atoms with Crippen LogP contribution < -0.4 is 42.5 Å². The second-order valence-electron chi connectivity index (χ2n) is 41.2. The normalized spacial score (nSPS) is 18.1. The standard InChI is InChI=1S/C25H35F2N5O2.C24H31F2N5O2.C24H33F2N5O2.C23H30F3N5O2/c1-14-12-32-18(13-31(14)8)19(28-21(32)15-9-10-16(26)17(27)11-15)22(33)29-20(24(2,3)4)23(34)30-25(5,6)7;1-13-11-31-18(12-30(13)5)19(28-21(31)14-6-9-16(25)17(26)10-14)22(32)29-20(24(2,3)4)23(33)27-15-7-8-15;1-13(2)27-23(33)20(24(4,5)6)29-22(32)19-18-12-30(7)14(3)11-31(18)21(28-19)15-8-9-16(25)17(26)10-15;1-13-11-31-17(12-30(13)5)18(28-20(31)14-6-7-15(25)16(26)10-14)21(32)29-19(23(2,3)4)22(33)27-9-8-24/h9-11,14,20H,12-13H2,1-8H3,(H,29,33)(H,30,34);6,9-10,13,15,20H,7-8,11-12H2,1-5H3,(H,27,33)(H,29,32);8-10,13-14,20H,11-12H2,1-7H3,(H,27,33)(H,29,32);6-7,10,13,19H,8-9,11-12H2,1-5H3,(H,27,33)(H,29,32)/t14?,20-;13?,20-;14?,20-;13?,19-/m1111/s1. The Kier molecular flexibility index (Phi) is 32.2. The van der Waals surface area contributed by atoms with Gasteiger partial charge in [0.2, 0.25) is 23.6 Å². The van der Waals surface area contributed by atoms with Gasteiger partial charge in [-0.25, -0.2) is 59.4 Å². The number of carbonyl (C=O) groups is 8. The van der Waals surface area contributed by atoms with Crippen molar-refractivity contribution in [1.29, 1.82) is 0 Å². The van der Waals surface area contributed by atoms with Crippen LogP contribution in [0.15, 0.2) is 72.8 Å². The number of carbonyl (C=O) groups excluding carboxylic acids is 8. The van der Waals surface area contributed by atoms with Crippen molar-refractivity contribution in [3.05, 3.63) is 165 Å². The van der Waals surface area contributed by atoms with E-state index in [0.29, 0.717) is 121 Å². The molecule has 4 unspecified atom stereocenters. The fourth-order valence-electron chi connectivity index (χ4n) is 15.8. The number of aromatic nitrogens is 8. The molecule has 13 rings (SSSR count). The van der Waals surface area contributed by atoms with Crippen molar-refractivity contribution >= 4 is 47.3 Å². The molecule has 1 aliphatic carbocycles. The highest BCUT2D eigenvalue weighted by Crippen LogP contribution is 2.37. The van der Waals surface area contributed by atoms with Crippen LogP contribution in [0.3, 0.4) is 0 Å². The summed E-state index contributed by atoms with van der Waals surface area (Å²) in [7, 11) is 7.78. The summed E-state index contributed by atoms with van der Waals surface area (Å²) in [6.07, 6.45) is 1.90. The van der Waals surface area contributed by atoms with Crippen LogP contribution in [0.2, 0.25) is 0 Å². The fourth-order valence-corrected chi connectivity index (χ4v) is 15.8. The number of likely N-dealkylation sites (N-methyl/N-ethyl adjacent to an activating group) is 4. The van der Waals surface area contributed by atoms with E-state index in [0.717, 1.165) is 61.4 Å². The average molecular weight is 1860 g/mol. The van der Waals surface area contributed by atoms with Gasteiger partial charge in [0.1, 0.15) is 54.1 Å². The highest BCUT2D eigenvalue weighted by atomic mass is 19.2. The summed E-state index contributed by atoms with van der Waals surface area (Å²) in [5.41, 5.74) is 2.10. The van der Waals surface area contributed by atoms with Gasteiger partial charge in [0.05, 0.1) is 22.8 Å². The largest absolute Gasteiger partial charge is 0.352 e. The number of benzene rings is 4. The highest BCUT2D eigenvalue weighted by Gasteiger charge is 2.44. The summed E-state index contributed by atoms with van der Waals surface area (Å²) < 4.78 is 130. The van der Waals surface area contributed by atoms with Crippen LogP contribution >= 0.6 is 0 Å². The molecule has 4 aromatic heterocycles. The first kappa shape index (κ1) is 104. The predicted molar refractivity (Wildman–Crippen MR) is 488 cm³/mol. The van der Waals surface area contributed by atoms with E-state index in [1.807, 2.05) is 164 Å². The Hall–Kier alpha value is -11.3. The van der Waals surface area contributed by atoms with Crippen LogP contribution in [0.1, 0.15) is 223 Å². The molecule has 8 N–H and O–H groups in total. The number of nitrogens with zero attached hydrogens (tertiary/aromatic N) is 12. The Morgan fingerprint density at radius 3 is 0.835 bits per heavy atom. The zero-order chi connectivity index (χ0) is 98.8. The van der Waals surface area contributed by atoms with Gasteiger partial charge in [0.15, 0.2) is 69.3 Å². The number of rotatable bonds is 20. The predicted octanol–water partition coefficient (Wildman–Crippen LogP) is 13.0. The Bertz CT molecular complexity index is 5490. The van der Waals surface area contributed by atoms with Crippen LogP contribution in [-0.2, 0) is 71.5 Å². The van der Waals surface area contributed by atoms with E-state index in [1.54, 1.807) is 20.8 Å². The third-order valence-electron chi connectivity index (χ3n) is 24.1. The lowest BCUT2D eigenvalue weighted by atomic mass is 9.85. The second kappa shape index (κ2) is 41.3. The third-order valence-corrected chi connectivity index (χ3v) is 24.1. The van der Waals surface area contributed by atoms with Gasteiger partial charge in [0, 0.05) is 123 Å². The SMILES string of the molecule is CC(C)NC(=O)[C@@H](NC(=O)c1nc(-c2ccc(F)c(F)c2)n2c1CN(C)C(C)C2)C(C)(C)C.CC1Cn2c(-c3ccc(F)c(F)c3)nc(C(=O)N[C@H](C(=O)NC(C)(C)C)C(C)(C)C)c2CN1C.CC1Cn2c(-c3ccc(F)c(F)c3)nc(C(=O)N[C@H](C(=O)NC3CC3)C(C)(C)C)c2CN1C.CC1Cn2c(-c3ccc(F)c(F)c3)nc(C(=O)N[C@H](C(=O)NCCF)C(C)(C)C)c2CN1C. The average Bonchev–Trinajstić information content (AvgIpc) is 1.63. The molecule has 5 aliphatic rings. The number of hydrogen-bond acceptors (Lipinski definition) is 16. The number of nitrogens with one attached hydrogen (secondary N) is 8. The van der Waals surface area contributed by atoms with Crippen molar-refractivity contribution in [2.75, 3.05) is 41.4 Å². The maximum Gasteiger partial charge on any atom is 0.272 e. The molecule has 37 heteroatoms. The number of fused-ring (bicyclic) bond motifs is 4. The summed E-state index contributed by atoms with van der Waals surface area (Å²) in [5.74, 6) is -9.43. The lowest BCUT2D eigenvalue weighted by Crippen LogP contribution is -2.57. The summed E-state index contributed by atoms with van der Waals surface area (Å²) in [4.78, 5) is 131. The lowest BCUT2D eigenvalue weighted by Gasteiger charge is -2.34. The van der Waals surface area contributed by atoms with Crippen LogP contribution in [0.4, 0.5) is 39.5 Å². The first-order valence-corrected chi connectivity index (χ1v) is 44.8. The van der Waals surface area contributed by atoms with E-state index in [4.69, 9.17) is 0 Å². The number of hydrogen-bond donors (Lipinski definition) is 8. The molecule has 724 valence electrons. The van der Waals surface area contributed by atoms with E-state index in [9.17, 15) is 77.9 Å². The van der Waals surface area contributed by atoms with Gasteiger partial charge < -0.3 is 60.8 Å². The molecule has 8 amide bonds. The highest BCUT2D eigenvalue weighted by molar-refractivity contribution is 6.01. The van der Waals surface area contributed by atoms with Crippen molar-refractivity contribution in [2.45, 2.75) is 277 Å². The van der Waals surface area contributed by atoms with Crippen LogP contribution in [0.25, 0.3) is 45.6 Å². The summed E-state index contributed by atoms with van der Waals surface area (Å²) in [5, 5.41) is 22.6. The van der Waals surface area contributed by atoms with E-state index in [2.05, 4.69) is 89.0 Å². The van der Waals surface area contributed by atoms with Gasteiger partial charge >= 0.3 is 0 Å². The number of imidazole rings is 4. The number of halogens is 9. The zero-order valence-electron chi connectivity index (χ0n) is 80.7. The quantitative estimate of drug-likeness (QED) is 0.0329. The van der Waals surface area contributed by atoms with E-state index in [-0.39, 0.29) is 83.3 Å². The zero-order valence-corrected chi connectivity index (χ0v) is 80.7. The van der Waals surface area contributed by atoms with Gasteiger partial charge in [0.25, 0.3) is 23.6 Å². The smallest absolute Gasteiger partial charge is 0.272 e. The maximum absolute atomic E-state index is 14.0. The van der Waals surface area contributed by atoms with Crippen molar-refractivity contribution in [3.8, 4) is 45.6 Å². The lowest BCUT2D eigenvalue weighted by molar-refractivity contribution is -0.127. The molecular weight excluding hydrogens is 1730 g/mol. The van der Waals surface area contributed by atoms with Crippen molar-refractivity contribution in [1.82, 2.24) is 100 Å². The molecule has 8 atom stereocenters. The molecule has 0 bridgehead atoms. The molecule has 1 saturated carbocycles. The molecule has 0 radical (unpaired) electrons. The van der Waals surface area contributed by atoms with Gasteiger partial charge in [-0.05, 0) is 198 Å². The van der Waals surface area contributed by atoms with Gasteiger partial charge in [-0.2, -0.15) is 0 Å². The van der Waals surface area contributed by atoms with Crippen LogP contribution in [0.5, 0.6) is 0 Å². The summed E-state index contributed by atoms with van der Waals surface area (Å²) in [6, 6.07) is 11.7. The number of alkyl halides is 1. The summed E-state index contributed by atoms with van der Waals surface area (Å²) >= 11 is 0. The molecule has 133 heavy (non-hydrogen) atoms. The van der Waals surface area contributed by atoms with Gasteiger partial charge in [-0.3, -0.25) is 58.0 Å². The van der Waals surface area contributed by atoms with Crippen molar-refractivity contribution in [2.24, 2.45) is 21.7 Å².